The first-order valence-electron chi connectivity index (χ1n) is 9.98. The third-order valence-corrected chi connectivity index (χ3v) is 5.46. The summed E-state index contributed by atoms with van der Waals surface area (Å²) < 4.78 is 6.46. The molecule has 1 aromatic heterocycles. The number of aryl methyl sites for hydroxylation is 1. The van der Waals surface area contributed by atoms with Gasteiger partial charge in [0.25, 0.3) is 5.56 Å². The Bertz CT molecular complexity index is 1350. The summed E-state index contributed by atoms with van der Waals surface area (Å²) in [4.78, 5) is 39.9. The maximum Gasteiger partial charge on any atom is 0.335 e. The monoisotopic (exact) mass is 434 g/mol. The zero-order valence-corrected chi connectivity index (χ0v) is 17.8. The molecule has 2 aromatic carbocycles. The first-order chi connectivity index (χ1) is 15.3. The van der Waals surface area contributed by atoms with Crippen molar-refractivity contribution in [3.63, 3.8) is 0 Å². The number of amides is 1. The quantitative estimate of drug-likeness (QED) is 0.653. The molecule has 0 saturated carbocycles. The van der Waals surface area contributed by atoms with Crippen LogP contribution < -0.4 is 16.0 Å². The Morgan fingerprint density at radius 2 is 1.84 bits per heavy atom. The largest absolute Gasteiger partial charge is 0.496 e. The van der Waals surface area contributed by atoms with Crippen LogP contribution in [0.4, 0.5) is 0 Å². The predicted molar refractivity (Wildman–Crippen MR) is 118 cm³/mol. The van der Waals surface area contributed by atoms with E-state index >= 15 is 0 Å². The van der Waals surface area contributed by atoms with E-state index in [0.717, 1.165) is 10.1 Å². The van der Waals surface area contributed by atoms with Gasteiger partial charge in [-0.15, -0.1) is 0 Å². The van der Waals surface area contributed by atoms with Gasteiger partial charge in [0.2, 0.25) is 11.8 Å². The minimum atomic E-state index is -0.778. The van der Waals surface area contributed by atoms with Crippen LogP contribution in [0, 0.1) is 6.92 Å². The van der Waals surface area contributed by atoms with Gasteiger partial charge in [0.15, 0.2) is 0 Å². The summed E-state index contributed by atoms with van der Waals surface area (Å²) in [6.07, 6.45) is 0.155. The molecule has 32 heavy (non-hydrogen) atoms. The Labute approximate surface area is 183 Å². The number of methoxy groups -OCH3 is 1. The first-order valence-corrected chi connectivity index (χ1v) is 9.98. The number of aromatic nitrogens is 2. The van der Waals surface area contributed by atoms with Crippen LogP contribution in [0.25, 0.3) is 5.69 Å². The number of para-hydroxylation sites is 2. The van der Waals surface area contributed by atoms with E-state index < -0.39 is 23.2 Å². The van der Waals surface area contributed by atoms with Crippen molar-refractivity contribution in [3.8, 4) is 17.3 Å². The molecule has 1 amide bonds. The molecule has 0 spiro atoms. The lowest BCUT2D eigenvalue weighted by molar-refractivity contribution is -0.130. The van der Waals surface area contributed by atoms with Crippen LogP contribution in [0.15, 0.2) is 63.2 Å². The third-order valence-electron chi connectivity index (χ3n) is 5.46. The number of carbonyl (C=O) groups is 1. The molecule has 0 aliphatic carbocycles. The Morgan fingerprint density at radius 3 is 2.53 bits per heavy atom. The smallest absolute Gasteiger partial charge is 0.335 e. The van der Waals surface area contributed by atoms with Crippen LogP contribution in [0.3, 0.4) is 0 Å². The molecule has 9 heteroatoms. The number of nitrogens with one attached hydrogen (secondary N) is 1. The summed E-state index contributed by atoms with van der Waals surface area (Å²) in [7, 11) is 1.53. The van der Waals surface area contributed by atoms with E-state index in [1.54, 1.807) is 37.3 Å². The van der Waals surface area contributed by atoms with Crippen LogP contribution in [-0.2, 0) is 4.79 Å². The lowest BCUT2D eigenvalue weighted by Crippen LogP contribution is -2.33. The van der Waals surface area contributed by atoms with Crippen LogP contribution in [-0.4, -0.2) is 38.4 Å². The summed E-state index contributed by atoms with van der Waals surface area (Å²) >= 11 is 0. The van der Waals surface area contributed by atoms with Crippen LogP contribution in [0.1, 0.15) is 36.1 Å². The Kier molecular flexibility index (Phi) is 5.40. The number of H-pyrrole nitrogens is 1. The predicted octanol–water partition coefficient (Wildman–Crippen LogP) is 2.25. The molecule has 164 valence electrons. The molecule has 0 fully saturated rings. The fraction of sp³-hybridized carbons (Fsp3) is 0.217. The number of aromatic amines is 1. The van der Waals surface area contributed by atoms with E-state index in [2.05, 4.69) is 10.1 Å². The summed E-state index contributed by atoms with van der Waals surface area (Å²) in [5.74, 6) is -0.293. The zero-order chi connectivity index (χ0) is 23.0. The molecule has 2 heterocycles. The van der Waals surface area contributed by atoms with Gasteiger partial charge >= 0.3 is 5.69 Å². The van der Waals surface area contributed by atoms with Gasteiger partial charge in [-0.1, -0.05) is 36.4 Å². The van der Waals surface area contributed by atoms with Gasteiger partial charge in [0.1, 0.15) is 11.3 Å². The second-order valence-corrected chi connectivity index (χ2v) is 7.45. The van der Waals surface area contributed by atoms with Crippen molar-refractivity contribution in [2.45, 2.75) is 26.3 Å². The molecule has 3 aromatic rings. The number of hydrazone groups is 1. The molecule has 0 radical (unpaired) electrons. The van der Waals surface area contributed by atoms with E-state index in [1.165, 1.54) is 19.0 Å². The summed E-state index contributed by atoms with van der Waals surface area (Å²) in [5, 5.41) is 16.6. The van der Waals surface area contributed by atoms with Gasteiger partial charge < -0.3 is 9.84 Å². The Hall–Kier alpha value is -4.14. The molecular formula is C23H22N4O5. The second-order valence-electron chi connectivity index (χ2n) is 7.45. The lowest BCUT2D eigenvalue weighted by Gasteiger charge is -2.22. The summed E-state index contributed by atoms with van der Waals surface area (Å²) in [6.45, 7) is 3.15. The normalized spacial score (nSPS) is 15.5. The first kappa shape index (κ1) is 21.1. The fourth-order valence-corrected chi connectivity index (χ4v) is 3.96. The van der Waals surface area contributed by atoms with Crippen molar-refractivity contribution in [3.05, 3.63) is 86.1 Å². The van der Waals surface area contributed by atoms with Crippen molar-refractivity contribution in [1.29, 1.82) is 0 Å². The highest BCUT2D eigenvalue weighted by Crippen LogP contribution is 2.38. The Balaban J connectivity index is 1.87. The topological polar surface area (TPSA) is 117 Å². The molecule has 0 saturated heterocycles. The molecule has 1 atom stereocenters. The van der Waals surface area contributed by atoms with E-state index in [-0.39, 0.29) is 23.6 Å². The number of rotatable bonds is 4. The molecule has 2 N–H and O–H groups in total. The minimum absolute atomic E-state index is 0.155. The van der Waals surface area contributed by atoms with E-state index in [0.29, 0.717) is 17.0 Å². The van der Waals surface area contributed by atoms with Crippen molar-refractivity contribution in [2.75, 3.05) is 7.11 Å². The van der Waals surface area contributed by atoms with Crippen LogP contribution in [0.2, 0.25) is 0 Å². The van der Waals surface area contributed by atoms with Crippen molar-refractivity contribution < 1.29 is 14.6 Å². The standard InChI is InChI=1S/C23H22N4O5/c1-13-8-4-6-10-17(13)26-22(30)20(21(29)24-23(26)31)16-12-18(27(25-16)14(2)28)15-9-5-7-11-19(15)32-3/h4-11,18,30H,12H2,1-3H3,(H,24,29,31)/t18-/m1/s1. The highest BCUT2D eigenvalue weighted by atomic mass is 16.5. The number of aromatic hydroxyl groups is 1. The zero-order valence-electron chi connectivity index (χ0n) is 17.8. The fourth-order valence-electron chi connectivity index (χ4n) is 3.96. The van der Waals surface area contributed by atoms with E-state index in [9.17, 15) is 19.5 Å². The number of hydrogen-bond donors (Lipinski definition) is 2. The van der Waals surface area contributed by atoms with Crippen molar-refractivity contribution in [1.82, 2.24) is 14.6 Å². The summed E-state index contributed by atoms with van der Waals surface area (Å²) in [5.41, 5.74) is 0.360. The number of carbonyl (C=O) groups excluding carboxylic acids is 1. The molecule has 1 aliphatic heterocycles. The summed E-state index contributed by atoms with van der Waals surface area (Å²) in [6, 6.07) is 13.7. The Morgan fingerprint density at radius 1 is 1.16 bits per heavy atom. The molecule has 1 aliphatic rings. The SMILES string of the molecule is COc1ccccc1[C@H]1CC(c2c(O)n(-c3ccccc3C)c(=O)[nH]c2=O)=NN1C(C)=O. The molecule has 9 nitrogen and oxygen atoms in total. The average Bonchev–Trinajstić information content (AvgIpc) is 3.19. The molecule has 0 unspecified atom stereocenters. The molecular weight excluding hydrogens is 412 g/mol. The highest BCUT2D eigenvalue weighted by molar-refractivity contribution is 6.04. The van der Waals surface area contributed by atoms with Crippen molar-refractivity contribution in [2.24, 2.45) is 5.10 Å². The molecule has 0 bridgehead atoms. The highest BCUT2D eigenvalue weighted by Gasteiger charge is 2.36. The maximum absolute atomic E-state index is 12.7. The van der Waals surface area contributed by atoms with Crippen LogP contribution in [0.5, 0.6) is 11.6 Å². The van der Waals surface area contributed by atoms with Gasteiger partial charge in [-0.25, -0.2) is 14.4 Å². The maximum atomic E-state index is 12.7. The minimum Gasteiger partial charge on any atom is -0.496 e. The van der Waals surface area contributed by atoms with Gasteiger partial charge in [0, 0.05) is 18.9 Å². The van der Waals surface area contributed by atoms with Gasteiger partial charge in [-0.3, -0.25) is 14.6 Å². The molecule has 4 rings (SSSR count). The third kappa shape index (κ3) is 3.47. The van der Waals surface area contributed by atoms with Gasteiger partial charge in [0.05, 0.1) is 24.6 Å². The number of hydrogen-bond acceptors (Lipinski definition) is 6. The van der Waals surface area contributed by atoms with E-state index in [1.807, 2.05) is 18.2 Å². The van der Waals surface area contributed by atoms with Gasteiger partial charge in [-0.2, -0.15) is 5.10 Å². The number of ether oxygens (including phenoxy) is 1. The van der Waals surface area contributed by atoms with Gasteiger partial charge in [-0.05, 0) is 24.6 Å². The van der Waals surface area contributed by atoms with Crippen molar-refractivity contribution >= 4 is 11.6 Å². The lowest BCUT2D eigenvalue weighted by atomic mass is 9.98. The van der Waals surface area contributed by atoms with Crippen LogP contribution >= 0.6 is 0 Å². The van der Waals surface area contributed by atoms with E-state index in [4.69, 9.17) is 4.74 Å². The average molecular weight is 434 g/mol. The second kappa shape index (κ2) is 8.18. The number of benzene rings is 2. The number of nitrogens with zero attached hydrogens (tertiary/aromatic N) is 3.